The summed E-state index contributed by atoms with van der Waals surface area (Å²) in [6, 6.07) is 0. The van der Waals surface area contributed by atoms with E-state index in [9.17, 15) is 4.79 Å². The van der Waals surface area contributed by atoms with Gasteiger partial charge in [0.15, 0.2) is 0 Å². The van der Waals surface area contributed by atoms with E-state index in [0.717, 1.165) is 19.3 Å². The average molecular weight is 184 g/mol. The zero-order chi connectivity index (χ0) is 10.3. The summed E-state index contributed by atoms with van der Waals surface area (Å²) in [5.41, 5.74) is 0. The van der Waals surface area contributed by atoms with Gasteiger partial charge in [-0.2, -0.15) is 0 Å². The van der Waals surface area contributed by atoms with Crippen molar-refractivity contribution < 1.29 is 9.90 Å². The monoisotopic (exact) mass is 184 g/mol. The van der Waals surface area contributed by atoms with Gasteiger partial charge in [0.1, 0.15) is 0 Å². The van der Waals surface area contributed by atoms with E-state index >= 15 is 0 Å². The van der Waals surface area contributed by atoms with Crippen molar-refractivity contribution in [2.45, 2.75) is 39.5 Å². The van der Waals surface area contributed by atoms with Crippen LogP contribution >= 0.6 is 0 Å². The zero-order valence-corrected chi connectivity index (χ0v) is 8.62. The van der Waals surface area contributed by atoms with Crippen LogP contribution in [0.4, 0.5) is 0 Å². The Labute approximate surface area is 80.7 Å². The van der Waals surface area contributed by atoms with Gasteiger partial charge in [0.25, 0.3) is 0 Å². The number of aliphatic carboxylic acids is 1. The fourth-order valence-electron chi connectivity index (χ4n) is 1.52. The third kappa shape index (κ3) is 4.71. The number of allylic oxidation sites excluding steroid dienone is 1. The molecule has 0 rings (SSSR count). The molecule has 0 aromatic rings. The minimum atomic E-state index is -0.688. The molecule has 1 N–H and O–H groups in total. The van der Waals surface area contributed by atoms with Crippen molar-refractivity contribution in [2.75, 3.05) is 0 Å². The summed E-state index contributed by atoms with van der Waals surface area (Å²) in [6.07, 6.45) is 5.20. The maximum absolute atomic E-state index is 10.8. The molecule has 0 aliphatic heterocycles. The van der Waals surface area contributed by atoms with Crippen LogP contribution in [0.1, 0.15) is 39.5 Å². The molecule has 1 unspecified atom stereocenters. The lowest BCUT2D eigenvalue weighted by Gasteiger charge is -2.16. The molecule has 2 nitrogen and oxygen atoms in total. The molecule has 1 atom stereocenters. The number of carbonyl (C=O) groups is 1. The highest BCUT2D eigenvalue weighted by Gasteiger charge is 2.19. The molecule has 76 valence electrons. The lowest BCUT2D eigenvalue weighted by molar-refractivity contribution is -0.142. The van der Waals surface area contributed by atoms with Crippen molar-refractivity contribution in [3.05, 3.63) is 12.7 Å². The second kappa shape index (κ2) is 6.70. The Morgan fingerprint density at radius 3 is 2.31 bits per heavy atom. The minimum absolute atomic E-state index is 0.234. The van der Waals surface area contributed by atoms with Crippen LogP contribution in [0.25, 0.3) is 0 Å². The summed E-state index contributed by atoms with van der Waals surface area (Å²) in [7, 11) is 0. The molecular weight excluding hydrogens is 164 g/mol. The molecule has 0 bridgehead atoms. The standard InChI is InChI=1S/C11H20O2/c1-4-7-10(11(12)13)8-9(5-2)6-3/h4,9-10H,1,5-8H2,2-3H3,(H,12,13). The largest absolute Gasteiger partial charge is 0.481 e. The van der Waals surface area contributed by atoms with Crippen molar-refractivity contribution in [1.29, 1.82) is 0 Å². The second-order valence-corrected chi connectivity index (χ2v) is 3.48. The van der Waals surface area contributed by atoms with E-state index < -0.39 is 5.97 Å². The highest BCUT2D eigenvalue weighted by Crippen LogP contribution is 2.21. The zero-order valence-electron chi connectivity index (χ0n) is 8.62. The smallest absolute Gasteiger partial charge is 0.306 e. The van der Waals surface area contributed by atoms with Crippen molar-refractivity contribution in [3.8, 4) is 0 Å². The van der Waals surface area contributed by atoms with Crippen LogP contribution in [-0.2, 0) is 4.79 Å². The first-order valence-corrected chi connectivity index (χ1v) is 4.99. The van der Waals surface area contributed by atoms with Crippen LogP contribution in [0.15, 0.2) is 12.7 Å². The lowest BCUT2D eigenvalue weighted by atomic mass is 9.89. The Morgan fingerprint density at radius 1 is 1.46 bits per heavy atom. The molecule has 0 amide bonds. The van der Waals surface area contributed by atoms with Crippen LogP contribution in [0.2, 0.25) is 0 Å². The highest BCUT2D eigenvalue weighted by atomic mass is 16.4. The van der Waals surface area contributed by atoms with Gasteiger partial charge in [-0.3, -0.25) is 4.79 Å². The van der Waals surface area contributed by atoms with Crippen LogP contribution in [0.5, 0.6) is 0 Å². The predicted molar refractivity (Wildman–Crippen MR) is 54.6 cm³/mol. The number of hydrogen-bond donors (Lipinski definition) is 1. The van der Waals surface area contributed by atoms with E-state index in [0.29, 0.717) is 12.3 Å². The quantitative estimate of drug-likeness (QED) is 0.617. The first-order chi connectivity index (χ1) is 6.15. The summed E-state index contributed by atoms with van der Waals surface area (Å²) in [5.74, 6) is -0.379. The van der Waals surface area contributed by atoms with Crippen molar-refractivity contribution in [1.82, 2.24) is 0 Å². The molecule has 0 saturated heterocycles. The van der Waals surface area contributed by atoms with Gasteiger partial charge < -0.3 is 5.11 Å². The molecule has 13 heavy (non-hydrogen) atoms. The summed E-state index contributed by atoms with van der Waals surface area (Å²) in [5, 5.41) is 8.90. The maximum atomic E-state index is 10.8. The van der Waals surface area contributed by atoms with Crippen molar-refractivity contribution in [2.24, 2.45) is 11.8 Å². The van der Waals surface area contributed by atoms with E-state index in [4.69, 9.17) is 5.11 Å². The molecule has 0 aliphatic carbocycles. The van der Waals surface area contributed by atoms with Gasteiger partial charge in [0.2, 0.25) is 0 Å². The third-order valence-corrected chi connectivity index (χ3v) is 2.57. The Balaban J connectivity index is 4.06. The number of hydrogen-bond acceptors (Lipinski definition) is 1. The number of carboxylic acid groups (broad SMARTS) is 1. The third-order valence-electron chi connectivity index (χ3n) is 2.57. The number of carboxylic acids is 1. The lowest BCUT2D eigenvalue weighted by Crippen LogP contribution is -2.16. The molecule has 0 spiro atoms. The van der Waals surface area contributed by atoms with Gasteiger partial charge in [-0.15, -0.1) is 6.58 Å². The maximum Gasteiger partial charge on any atom is 0.306 e. The molecule has 0 fully saturated rings. The molecular formula is C11H20O2. The van der Waals surface area contributed by atoms with Crippen LogP contribution < -0.4 is 0 Å². The molecule has 0 saturated carbocycles. The van der Waals surface area contributed by atoms with E-state index in [2.05, 4.69) is 20.4 Å². The summed E-state index contributed by atoms with van der Waals surface area (Å²) in [4.78, 5) is 10.8. The van der Waals surface area contributed by atoms with Gasteiger partial charge in [0.05, 0.1) is 5.92 Å². The Hall–Kier alpha value is -0.790. The summed E-state index contributed by atoms with van der Waals surface area (Å²) >= 11 is 0. The van der Waals surface area contributed by atoms with Gasteiger partial charge >= 0.3 is 5.97 Å². The predicted octanol–water partition coefficient (Wildman–Crippen LogP) is 3.09. The second-order valence-electron chi connectivity index (χ2n) is 3.48. The van der Waals surface area contributed by atoms with E-state index in [1.54, 1.807) is 6.08 Å². The van der Waals surface area contributed by atoms with Crippen LogP contribution in [0.3, 0.4) is 0 Å². The van der Waals surface area contributed by atoms with Crippen LogP contribution in [-0.4, -0.2) is 11.1 Å². The Bertz CT molecular complexity index is 159. The van der Waals surface area contributed by atoms with Crippen molar-refractivity contribution >= 4 is 5.97 Å². The SMILES string of the molecule is C=CCC(CC(CC)CC)C(=O)O. The van der Waals surface area contributed by atoms with Crippen molar-refractivity contribution in [3.63, 3.8) is 0 Å². The normalized spacial score (nSPS) is 12.8. The van der Waals surface area contributed by atoms with E-state index in [-0.39, 0.29) is 5.92 Å². The Kier molecular flexibility index (Phi) is 6.29. The fourth-order valence-corrected chi connectivity index (χ4v) is 1.52. The van der Waals surface area contributed by atoms with Gasteiger partial charge in [-0.1, -0.05) is 32.8 Å². The highest BCUT2D eigenvalue weighted by molar-refractivity contribution is 5.70. The average Bonchev–Trinajstić information content (AvgIpc) is 2.11. The van der Waals surface area contributed by atoms with E-state index in [1.165, 1.54) is 0 Å². The summed E-state index contributed by atoms with van der Waals surface area (Å²) in [6.45, 7) is 7.80. The summed E-state index contributed by atoms with van der Waals surface area (Å²) < 4.78 is 0. The molecule has 0 heterocycles. The molecule has 0 radical (unpaired) electrons. The van der Waals surface area contributed by atoms with Gasteiger partial charge in [-0.05, 0) is 18.8 Å². The Morgan fingerprint density at radius 2 is 2.00 bits per heavy atom. The molecule has 2 heteroatoms. The topological polar surface area (TPSA) is 37.3 Å². The number of rotatable bonds is 7. The molecule has 0 aromatic carbocycles. The fraction of sp³-hybridized carbons (Fsp3) is 0.727. The van der Waals surface area contributed by atoms with Gasteiger partial charge in [-0.25, -0.2) is 0 Å². The minimum Gasteiger partial charge on any atom is -0.481 e. The van der Waals surface area contributed by atoms with Gasteiger partial charge in [0, 0.05) is 0 Å². The first-order valence-electron chi connectivity index (χ1n) is 4.99. The van der Waals surface area contributed by atoms with E-state index in [1.807, 2.05) is 0 Å². The molecule has 0 aliphatic rings. The first kappa shape index (κ1) is 12.2. The van der Waals surface area contributed by atoms with Crippen LogP contribution in [0, 0.1) is 11.8 Å². The molecule has 0 aromatic heterocycles.